The van der Waals surface area contributed by atoms with Crippen molar-refractivity contribution in [1.82, 2.24) is 25.3 Å². The maximum absolute atomic E-state index is 13.1. The van der Waals surface area contributed by atoms with Crippen LogP contribution in [0.2, 0.25) is 6.04 Å². The molecule has 3 aromatic heterocycles. The van der Waals surface area contributed by atoms with Gasteiger partial charge in [-0.25, -0.2) is 14.8 Å². The van der Waals surface area contributed by atoms with E-state index in [1.807, 2.05) is 63.2 Å². The van der Waals surface area contributed by atoms with E-state index < -0.39 is 8.80 Å². The number of benzene rings is 4. The van der Waals surface area contributed by atoms with Crippen molar-refractivity contribution in [2.45, 2.75) is 33.2 Å². The predicted octanol–water partition coefficient (Wildman–Crippen LogP) is 12.9. The molecular formula is C54H52N6O4Si. The first-order valence-corrected chi connectivity index (χ1v) is 24.3. The zero-order chi connectivity index (χ0) is 44.6. The summed E-state index contributed by atoms with van der Waals surface area (Å²) in [6, 6.07) is 47.9. The molecule has 5 heterocycles. The zero-order valence-corrected chi connectivity index (χ0v) is 37.9. The van der Waals surface area contributed by atoms with Crippen LogP contribution in [0.5, 0.6) is 0 Å². The monoisotopic (exact) mass is 876 g/mol. The molecule has 0 aliphatic carbocycles. The van der Waals surface area contributed by atoms with E-state index in [1.165, 1.54) is 0 Å². The summed E-state index contributed by atoms with van der Waals surface area (Å²) in [4.78, 5) is 31.5. The van der Waals surface area contributed by atoms with Crippen molar-refractivity contribution in [2.75, 3.05) is 31.7 Å². The summed E-state index contributed by atoms with van der Waals surface area (Å²) in [6.45, 7) is 7.82. The van der Waals surface area contributed by atoms with Crippen molar-refractivity contribution in [1.29, 1.82) is 0 Å². The Morgan fingerprint density at radius 3 is 1.20 bits per heavy atom. The van der Waals surface area contributed by atoms with Gasteiger partial charge in [-0.05, 0) is 110 Å². The lowest BCUT2D eigenvalue weighted by molar-refractivity contribution is 0.0708. The number of hydrogen-bond acceptors (Lipinski definition) is 6. The molecule has 9 rings (SSSR count). The third kappa shape index (κ3) is 9.40. The molecule has 2 aliphatic heterocycles. The fourth-order valence-corrected chi connectivity index (χ4v) is 11.3. The van der Waals surface area contributed by atoms with Gasteiger partial charge in [-0.2, -0.15) is 0 Å². The number of aromatic nitrogens is 4. The van der Waals surface area contributed by atoms with Gasteiger partial charge in [0.15, 0.2) is 0 Å². The Morgan fingerprint density at radius 1 is 0.492 bits per heavy atom. The maximum Gasteiger partial charge on any atom is 0.500 e. The summed E-state index contributed by atoms with van der Waals surface area (Å²) in [5.74, 6) is 0. The van der Waals surface area contributed by atoms with Crippen LogP contribution in [0.3, 0.4) is 0 Å². The second-order valence-electron chi connectivity index (χ2n) is 15.6. The Balaban J connectivity index is 1.16. The number of carbonyl (C=O) groups excluding carboxylic acids is 1. The lowest BCUT2D eigenvalue weighted by Gasteiger charge is -2.28. The lowest BCUT2D eigenvalue weighted by Crippen LogP contribution is -2.46. The summed E-state index contributed by atoms with van der Waals surface area (Å²) < 4.78 is 17.9. The average Bonchev–Trinajstić information content (AvgIpc) is 4.18. The molecule has 8 bridgehead atoms. The van der Waals surface area contributed by atoms with Crippen molar-refractivity contribution >= 4 is 66.9 Å². The molecule has 7 aromatic rings. The van der Waals surface area contributed by atoms with Gasteiger partial charge in [0.25, 0.3) is 0 Å². The van der Waals surface area contributed by atoms with E-state index in [1.54, 1.807) is 0 Å². The average molecular weight is 877 g/mol. The fourth-order valence-electron chi connectivity index (χ4n) is 8.64. The Bertz CT molecular complexity index is 2960. The molecule has 0 saturated carbocycles. The number of amides is 2. The van der Waals surface area contributed by atoms with Crippen molar-refractivity contribution in [3.63, 3.8) is 0 Å². The lowest BCUT2D eigenvalue weighted by atomic mass is 10.0. The highest BCUT2D eigenvalue weighted by Crippen LogP contribution is 2.38. The van der Waals surface area contributed by atoms with Crippen LogP contribution in [0.15, 0.2) is 140 Å². The second-order valence-corrected chi connectivity index (χ2v) is 18.4. The topological polar surface area (TPSA) is 126 Å². The molecular weight excluding hydrogens is 825 g/mol. The van der Waals surface area contributed by atoms with Crippen molar-refractivity contribution in [3.8, 4) is 44.5 Å². The zero-order valence-electron chi connectivity index (χ0n) is 36.9. The molecule has 326 valence electrons. The minimum absolute atomic E-state index is 0.291. The highest BCUT2D eigenvalue weighted by atomic mass is 28.4. The van der Waals surface area contributed by atoms with Crippen LogP contribution in [0, 0.1) is 0 Å². The van der Waals surface area contributed by atoms with Gasteiger partial charge in [0, 0.05) is 82.4 Å². The molecule has 0 radical (unpaired) electrons. The third-order valence-corrected chi connectivity index (χ3v) is 14.6. The minimum atomic E-state index is -2.79. The van der Waals surface area contributed by atoms with Crippen LogP contribution in [-0.4, -0.2) is 61.1 Å². The van der Waals surface area contributed by atoms with Gasteiger partial charge in [0.2, 0.25) is 0 Å². The highest BCUT2D eigenvalue weighted by Gasteiger charge is 2.39. The Kier molecular flexibility index (Phi) is 13.1. The number of nitrogens with zero attached hydrogens (tertiary/aromatic N) is 2. The predicted molar refractivity (Wildman–Crippen MR) is 268 cm³/mol. The molecule has 0 spiro atoms. The number of carbonyl (C=O) groups is 1. The van der Waals surface area contributed by atoms with E-state index in [0.717, 1.165) is 89.4 Å². The van der Waals surface area contributed by atoms with Crippen LogP contribution in [0.25, 0.3) is 90.9 Å². The second kappa shape index (κ2) is 19.7. The largest absolute Gasteiger partial charge is 0.500 e. The van der Waals surface area contributed by atoms with E-state index in [9.17, 15) is 4.79 Å². The summed E-state index contributed by atoms with van der Waals surface area (Å²) in [5.41, 5.74) is 15.7. The van der Waals surface area contributed by atoms with Gasteiger partial charge >= 0.3 is 14.8 Å². The van der Waals surface area contributed by atoms with Gasteiger partial charge < -0.3 is 33.9 Å². The van der Waals surface area contributed by atoms with Crippen molar-refractivity contribution in [2.24, 2.45) is 0 Å². The summed E-state index contributed by atoms with van der Waals surface area (Å²) in [7, 11) is -2.79. The van der Waals surface area contributed by atoms with Crippen LogP contribution in [0.1, 0.15) is 50.0 Å². The van der Waals surface area contributed by atoms with E-state index in [2.05, 4.69) is 142 Å². The molecule has 4 aromatic carbocycles. The van der Waals surface area contributed by atoms with Gasteiger partial charge in [-0.3, -0.25) is 0 Å². The quantitative estimate of drug-likeness (QED) is 0.0600. The van der Waals surface area contributed by atoms with Crippen LogP contribution in [-0.2, 0) is 13.3 Å². The summed E-state index contributed by atoms with van der Waals surface area (Å²) in [5, 5.41) is 5.99. The summed E-state index contributed by atoms with van der Waals surface area (Å²) >= 11 is 0. The number of urea groups is 1. The molecule has 0 atom stereocenters. The normalized spacial score (nSPS) is 12.1. The number of fused-ring (bicyclic) bond motifs is 8. The smallest absolute Gasteiger partial charge is 0.374 e. The molecule has 0 saturated heterocycles. The summed E-state index contributed by atoms with van der Waals surface area (Å²) in [6.07, 6.45) is 9.07. The SMILES string of the molecule is CCO[Si](CCCNC(=O)Nc1ccc(-c2c3nc(c(-c4ccccc4)c4ccc([nH]4)c(-c4ccccc4)c4nc(c(-c5ccccc5)c5ccc2[nH]5)C=C4)C=C3)cc1)(OCC)OCC. The fraction of sp³-hybridized carbons (Fsp3) is 0.167. The Morgan fingerprint density at radius 2 is 0.846 bits per heavy atom. The van der Waals surface area contributed by atoms with E-state index in [0.29, 0.717) is 44.5 Å². The van der Waals surface area contributed by atoms with Gasteiger partial charge in [0.1, 0.15) is 0 Å². The molecule has 0 fully saturated rings. The van der Waals surface area contributed by atoms with Crippen LogP contribution in [0.4, 0.5) is 10.5 Å². The Labute approximate surface area is 380 Å². The molecule has 10 nitrogen and oxygen atoms in total. The number of H-pyrrole nitrogens is 2. The number of rotatable bonds is 15. The number of aromatic amines is 2. The molecule has 11 heteroatoms. The van der Waals surface area contributed by atoms with Crippen LogP contribution < -0.4 is 10.6 Å². The minimum Gasteiger partial charge on any atom is -0.374 e. The van der Waals surface area contributed by atoms with E-state index in [4.69, 9.17) is 23.2 Å². The molecule has 2 amide bonds. The van der Waals surface area contributed by atoms with Crippen molar-refractivity contribution < 1.29 is 18.1 Å². The maximum atomic E-state index is 13.1. The van der Waals surface area contributed by atoms with E-state index in [-0.39, 0.29) is 6.03 Å². The van der Waals surface area contributed by atoms with Gasteiger partial charge in [-0.1, -0.05) is 103 Å². The first kappa shape index (κ1) is 43.1. The standard InChI is InChI=1S/C54H52N6O4Si/c1-4-62-65(63-5-2,64-6-3)36-16-35-55-54(61)56-41-25-23-40(24-26-41)53-48-33-31-46(59-48)51(38-19-12-8-13-20-38)44-29-27-42(57-44)50(37-17-10-7-11-18-37)43-28-30-45(58-43)52(39-21-14-9-15-22-39)47-32-34-49(53)60-47/h7-15,17-34,57,60H,4-6,16,35-36H2,1-3H3,(H2,55,56,61). The van der Waals surface area contributed by atoms with Gasteiger partial charge in [0.05, 0.1) is 22.8 Å². The third-order valence-electron chi connectivity index (χ3n) is 11.4. The molecule has 2 aliphatic rings. The van der Waals surface area contributed by atoms with Gasteiger partial charge in [-0.15, -0.1) is 0 Å². The highest BCUT2D eigenvalue weighted by molar-refractivity contribution is 6.60. The van der Waals surface area contributed by atoms with Crippen molar-refractivity contribution in [3.05, 3.63) is 162 Å². The molecule has 0 unspecified atom stereocenters. The number of hydrogen-bond donors (Lipinski definition) is 4. The number of anilines is 1. The molecule has 65 heavy (non-hydrogen) atoms. The molecule has 4 N–H and O–H groups in total. The first-order valence-electron chi connectivity index (χ1n) is 22.4. The number of nitrogens with one attached hydrogen (secondary N) is 4. The van der Waals surface area contributed by atoms with Crippen LogP contribution >= 0.6 is 0 Å². The first-order chi connectivity index (χ1) is 32.0. The Hall–Kier alpha value is -7.15. The van der Waals surface area contributed by atoms with E-state index >= 15 is 0 Å².